The number of hydrogen-bond donors (Lipinski definition) is 0. The summed E-state index contributed by atoms with van der Waals surface area (Å²) in [4.78, 5) is 23.3. The number of carbonyl (C=O) groups is 2. The van der Waals surface area contributed by atoms with Crippen molar-refractivity contribution in [3.63, 3.8) is 0 Å². The van der Waals surface area contributed by atoms with Crippen LogP contribution in [0.5, 0.6) is 0 Å². The summed E-state index contributed by atoms with van der Waals surface area (Å²) in [7, 11) is -3.59. The van der Waals surface area contributed by atoms with E-state index in [9.17, 15) is 14.2 Å². The summed E-state index contributed by atoms with van der Waals surface area (Å²) in [6.07, 6.45) is 3.25. The van der Waals surface area contributed by atoms with E-state index in [0.29, 0.717) is 0 Å². The molecule has 0 heterocycles. The second-order valence-electron chi connectivity index (χ2n) is 7.22. The summed E-state index contributed by atoms with van der Waals surface area (Å²) in [5.41, 5.74) is -1.39. The Morgan fingerprint density at radius 1 is 0.875 bits per heavy atom. The summed E-state index contributed by atoms with van der Waals surface area (Å²) in [5.74, 6) is -0.974. The van der Waals surface area contributed by atoms with Gasteiger partial charge in [0.25, 0.3) is 0 Å². The molecule has 0 bridgehead atoms. The zero-order valence-corrected chi connectivity index (χ0v) is 16.5. The molecule has 0 amide bonds. The van der Waals surface area contributed by atoms with E-state index in [1.165, 1.54) is 0 Å². The van der Waals surface area contributed by atoms with Crippen LogP contribution in [0.4, 0.5) is 0 Å². The molecule has 0 aromatic heterocycles. The maximum Gasteiger partial charge on any atom is 0.340 e. The Labute approximate surface area is 144 Å². The van der Waals surface area contributed by atoms with Gasteiger partial charge in [-0.1, -0.05) is 12.2 Å². The van der Waals surface area contributed by atoms with Gasteiger partial charge < -0.3 is 9.47 Å². The summed E-state index contributed by atoms with van der Waals surface area (Å²) in [5, 5.41) is 0. The van der Waals surface area contributed by atoms with Gasteiger partial charge in [-0.3, -0.25) is 23.2 Å². The molecule has 24 heavy (non-hydrogen) atoms. The van der Waals surface area contributed by atoms with Crippen molar-refractivity contribution in [3.8, 4) is 0 Å². The number of hydrogen-bond acceptors (Lipinski definition) is 7. The van der Waals surface area contributed by atoms with E-state index in [1.807, 2.05) is 0 Å². The molecule has 0 radical (unpaired) electrons. The molecule has 0 fully saturated rings. The van der Waals surface area contributed by atoms with Gasteiger partial charge >= 0.3 is 19.5 Å². The summed E-state index contributed by atoms with van der Waals surface area (Å²) >= 11 is 0. The minimum atomic E-state index is -3.59. The molecule has 0 rings (SSSR count). The standard InChI is InChI=1S/C16H29O7P/c1-8-9-10-24(19,22-11-20-13(17)15(2,3)4)23-12-21-14(18)16(5,6)7/h8-9H,10-12H2,1-7H3/b9-8+. The van der Waals surface area contributed by atoms with E-state index in [2.05, 4.69) is 0 Å². The minimum absolute atomic E-state index is 0.0242. The lowest BCUT2D eigenvalue weighted by Gasteiger charge is -2.21. The van der Waals surface area contributed by atoms with Crippen LogP contribution in [-0.2, 0) is 32.7 Å². The molecule has 0 aliphatic rings. The van der Waals surface area contributed by atoms with Crippen molar-refractivity contribution in [2.75, 3.05) is 19.7 Å². The van der Waals surface area contributed by atoms with Crippen LogP contribution in [0.3, 0.4) is 0 Å². The second-order valence-corrected chi connectivity index (χ2v) is 9.32. The molecule has 0 spiro atoms. The Morgan fingerprint density at radius 3 is 1.54 bits per heavy atom. The van der Waals surface area contributed by atoms with Crippen molar-refractivity contribution >= 4 is 19.5 Å². The molecule has 0 aromatic carbocycles. The smallest absolute Gasteiger partial charge is 0.340 e. The topological polar surface area (TPSA) is 88.1 Å². The third kappa shape index (κ3) is 9.21. The number of rotatable bonds is 8. The van der Waals surface area contributed by atoms with E-state index in [-0.39, 0.29) is 6.16 Å². The van der Waals surface area contributed by atoms with Gasteiger partial charge in [-0.2, -0.15) is 0 Å². The van der Waals surface area contributed by atoms with Crippen LogP contribution < -0.4 is 0 Å². The molecular formula is C16H29O7P. The fourth-order valence-electron chi connectivity index (χ4n) is 1.13. The third-order valence-electron chi connectivity index (χ3n) is 2.67. The SMILES string of the molecule is C/C=C/CP(=O)(OCOC(=O)C(C)(C)C)OCOC(=O)C(C)(C)C. The number of allylic oxidation sites excluding steroid dienone is 2. The predicted octanol–water partition coefficient (Wildman–Crippen LogP) is 3.88. The van der Waals surface area contributed by atoms with Gasteiger partial charge in [0.2, 0.25) is 13.6 Å². The first kappa shape index (κ1) is 22.8. The van der Waals surface area contributed by atoms with Crippen molar-refractivity contribution < 1.29 is 32.7 Å². The number of ether oxygens (including phenoxy) is 2. The van der Waals surface area contributed by atoms with Gasteiger partial charge in [0, 0.05) is 0 Å². The quantitative estimate of drug-likeness (QED) is 0.279. The lowest BCUT2D eigenvalue weighted by Crippen LogP contribution is -2.25. The Kier molecular flexibility index (Phi) is 8.89. The van der Waals surface area contributed by atoms with E-state index in [4.69, 9.17) is 18.5 Å². The minimum Gasteiger partial charge on any atom is -0.438 e. The largest absolute Gasteiger partial charge is 0.438 e. The van der Waals surface area contributed by atoms with Crippen molar-refractivity contribution in [1.82, 2.24) is 0 Å². The number of carbonyl (C=O) groups excluding carboxylic acids is 2. The van der Waals surface area contributed by atoms with Crippen LogP contribution in [0.1, 0.15) is 48.5 Å². The normalized spacial score (nSPS) is 13.1. The van der Waals surface area contributed by atoms with E-state index in [1.54, 1.807) is 60.6 Å². The van der Waals surface area contributed by atoms with Gasteiger partial charge in [-0.25, -0.2) is 0 Å². The van der Waals surface area contributed by atoms with Gasteiger partial charge in [0.15, 0.2) is 0 Å². The van der Waals surface area contributed by atoms with E-state index < -0.39 is 44.0 Å². The molecular weight excluding hydrogens is 335 g/mol. The van der Waals surface area contributed by atoms with Crippen LogP contribution in [0.2, 0.25) is 0 Å². The van der Waals surface area contributed by atoms with Crippen molar-refractivity contribution in [1.29, 1.82) is 0 Å². The highest BCUT2D eigenvalue weighted by Crippen LogP contribution is 2.48. The molecule has 0 aromatic rings. The van der Waals surface area contributed by atoms with Crippen LogP contribution in [0.25, 0.3) is 0 Å². The monoisotopic (exact) mass is 364 g/mol. The van der Waals surface area contributed by atoms with Crippen LogP contribution >= 0.6 is 7.60 Å². The molecule has 7 nitrogen and oxygen atoms in total. The second kappa shape index (κ2) is 9.35. The molecule has 140 valence electrons. The van der Waals surface area contributed by atoms with Crippen molar-refractivity contribution in [2.45, 2.75) is 48.5 Å². The van der Waals surface area contributed by atoms with Crippen molar-refractivity contribution in [2.24, 2.45) is 10.8 Å². The Morgan fingerprint density at radius 2 is 1.25 bits per heavy atom. The van der Waals surface area contributed by atoms with Crippen LogP contribution in [-0.4, -0.2) is 31.7 Å². The van der Waals surface area contributed by atoms with E-state index in [0.717, 1.165) is 0 Å². The first-order valence-corrected chi connectivity index (χ1v) is 9.38. The first-order valence-electron chi connectivity index (χ1n) is 7.65. The van der Waals surface area contributed by atoms with Crippen molar-refractivity contribution in [3.05, 3.63) is 12.2 Å². The van der Waals surface area contributed by atoms with E-state index >= 15 is 0 Å². The molecule has 0 atom stereocenters. The molecule has 0 N–H and O–H groups in total. The maximum absolute atomic E-state index is 12.6. The van der Waals surface area contributed by atoms with Gasteiger partial charge in [0.05, 0.1) is 17.0 Å². The molecule has 0 saturated carbocycles. The van der Waals surface area contributed by atoms with Gasteiger partial charge in [-0.05, 0) is 48.5 Å². The third-order valence-corrected chi connectivity index (χ3v) is 4.32. The maximum atomic E-state index is 12.6. The highest BCUT2D eigenvalue weighted by molar-refractivity contribution is 7.54. The molecule has 0 aliphatic carbocycles. The summed E-state index contributed by atoms with van der Waals surface area (Å²) < 4.78 is 32.6. The lowest BCUT2D eigenvalue weighted by molar-refractivity contribution is -0.161. The zero-order valence-electron chi connectivity index (χ0n) is 15.6. The Bertz CT molecular complexity index is 462. The average molecular weight is 364 g/mol. The van der Waals surface area contributed by atoms with Gasteiger partial charge in [0.1, 0.15) is 0 Å². The van der Waals surface area contributed by atoms with Crippen LogP contribution in [0.15, 0.2) is 12.2 Å². The van der Waals surface area contributed by atoms with Gasteiger partial charge in [-0.15, -0.1) is 0 Å². The molecule has 0 saturated heterocycles. The highest BCUT2D eigenvalue weighted by atomic mass is 31.2. The summed E-state index contributed by atoms with van der Waals surface area (Å²) in [6.45, 7) is 10.9. The Balaban J connectivity index is 4.59. The first-order chi connectivity index (χ1) is 10.8. The fraction of sp³-hybridized carbons (Fsp3) is 0.750. The number of esters is 2. The highest BCUT2D eigenvalue weighted by Gasteiger charge is 2.29. The predicted molar refractivity (Wildman–Crippen MR) is 90.3 cm³/mol. The average Bonchev–Trinajstić information content (AvgIpc) is 2.43. The fourth-order valence-corrected chi connectivity index (χ4v) is 2.31. The molecule has 8 heteroatoms. The lowest BCUT2D eigenvalue weighted by atomic mass is 9.98. The van der Waals surface area contributed by atoms with Crippen LogP contribution in [0, 0.1) is 10.8 Å². The zero-order chi connectivity index (χ0) is 19.0. The molecule has 0 aliphatic heterocycles. The molecule has 0 unspecified atom stereocenters. The summed E-state index contributed by atoms with van der Waals surface area (Å²) in [6, 6.07) is 0. The Hall–Kier alpha value is -1.17.